The molecule has 0 unspecified atom stereocenters. The quantitative estimate of drug-likeness (QED) is 0.271. The van der Waals surface area contributed by atoms with E-state index in [-0.39, 0.29) is 17.2 Å². The van der Waals surface area contributed by atoms with Crippen molar-refractivity contribution < 1.29 is 4.92 Å². The van der Waals surface area contributed by atoms with Crippen molar-refractivity contribution in [2.75, 3.05) is 0 Å². The second kappa shape index (κ2) is 6.80. The van der Waals surface area contributed by atoms with E-state index >= 15 is 0 Å². The summed E-state index contributed by atoms with van der Waals surface area (Å²) in [5, 5.41) is 24.7. The maximum atomic E-state index is 11.8. The summed E-state index contributed by atoms with van der Waals surface area (Å²) in [5.41, 5.74) is 1.24. The lowest BCUT2D eigenvalue weighted by atomic mass is 10.3. The van der Waals surface area contributed by atoms with Gasteiger partial charge in [0.25, 0.3) is 5.82 Å². The molecule has 136 valence electrons. The number of halogens is 3. The van der Waals surface area contributed by atoms with E-state index in [1.807, 2.05) is 0 Å². The molecule has 2 heterocycles. The van der Waals surface area contributed by atoms with Gasteiger partial charge >= 0.3 is 5.69 Å². The smallest absolute Gasteiger partial charge is 0.258 e. The molecule has 27 heavy (non-hydrogen) atoms. The number of fused-ring (bicyclic) bond motifs is 1. The highest BCUT2D eigenvalue weighted by Crippen LogP contribution is 2.39. The maximum Gasteiger partial charge on any atom is 0.339 e. The Morgan fingerprint density at radius 3 is 2.56 bits per heavy atom. The van der Waals surface area contributed by atoms with Crippen LogP contribution in [-0.4, -0.2) is 29.7 Å². The van der Waals surface area contributed by atoms with Gasteiger partial charge < -0.3 is 0 Å². The standard InChI is InChI=1S/C16H9Cl3N6O2/c17-9-4-3-5-10(8-9)23-13(15(18)19)14(25(26)27)16(21-23)24-12-7-2-1-6-11(12)20-22-24/h1-8,15H. The van der Waals surface area contributed by atoms with E-state index in [0.29, 0.717) is 21.7 Å². The number of hydrogen-bond acceptors (Lipinski definition) is 5. The van der Waals surface area contributed by atoms with Crippen molar-refractivity contribution in [2.24, 2.45) is 0 Å². The zero-order valence-corrected chi connectivity index (χ0v) is 15.6. The average Bonchev–Trinajstić information content (AvgIpc) is 3.23. The molecule has 8 nitrogen and oxygen atoms in total. The van der Waals surface area contributed by atoms with Crippen molar-refractivity contribution in [3.8, 4) is 11.5 Å². The Bertz CT molecular complexity index is 1170. The van der Waals surface area contributed by atoms with Gasteiger partial charge in [-0.3, -0.25) is 10.1 Å². The number of nitro groups is 1. The maximum absolute atomic E-state index is 11.8. The summed E-state index contributed by atoms with van der Waals surface area (Å²) in [5.74, 6) is -0.0463. The Hall–Kier alpha value is -2.68. The minimum absolute atomic E-state index is 0.000168. The van der Waals surface area contributed by atoms with Crippen LogP contribution < -0.4 is 0 Å². The van der Waals surface area contributed by atoms with E-state index < -0.39 is 9.76 Å². The van der Waals surface area contributed by atoms with Crippen LogP contribution in [0.5, 0.6) is 0 Å². The van der Waals surface area contributed by atoms with Gasteiger partial charge in [0.15, 0.2) is 10.5 Å². The first-order valence-electron chi connectivity index (χ1n) is 7.59. The molecule has 4 rings (SSSR count). The van der Waals surface area contributed by atoms with Gasteiger partial charge in [-0.2, -0.15) is 4.68 Å². The fraction of sp³-hybridized carbons (Fsp3) is 0.0625. The third-order valence-electron chi connectivity index (χ3n) is 3.87. The first kappa shape index (κ1) is 17.7. The zero-order chi connectivity index (χ0) is 19.1. The number of para-hydroxylation sites is 1. The molecule has 0 fully saturated rings. The normalized spacial score (nSPS) is 11.4. The zero-order valence-electron chi connectivity index (χ0n) is 13.3. The van der Waals surface area contributed by atoms with Crippen LogP contribution in [0.15, 0.2) is 48.5 Å². The molecule has 0 aliphatic heterocycles. The number of benzene rings is 2. The lowest BCUT2D eigenvalue weighted by Crippen LogP contribution is -2.03. The van der Waals surface area contributed by atoms with Crippen molar-refractivity contribution >= 4 is 51.5 Å². The predicted octanol–water partition coefficient (Wildman–Crippen LogP) is 4.64. The topological polar surface area (TPSA) is 91.7 Å². The second-order valence-corrected chi connectivity index (χ2v) is 7.03. The van der Waals surface area contributed by atoms with Crippen molar-refractivity contribution in [3.05, 3.63) is 69.4 Å². The fourth-order valence-corrected chi connectivity index (χ4v) is 3.33. The van der Waals surface area contributed by atoms with E-state index in [4.69, 9.17) is 34.8 Å². The lowest BCUT2D eigenvalue weighted by molar-refractivity contribution is -0.385. The minimum atomic E-state index is -1.21. The molecular weight excluding hydrogens is 415 g/mol. The molecule has 0 radical (unpaired) electrons. The van der Waals surface area contributed by atoms with Crippen LogP contribution in [0.4, 0.5) is 5.69 Å². The third kappa shape index (κ3) is 3.01. The first-order valence-corrected chi connectivity index (χ1v) is 8.84. The lowest BCUT2D eigenvalue weighted by Gasteiger charge is -2.07. The minimum Gasteiger partial charge on any atom is -0.258 e. The summed E-state index contributed by atoms with van der Waals surface area (Å²) in [6.07, 6.45) is 0. The summed E-state index contributed by atoms with van der Waals surface area (Å²) >= 11 is 18.2. The van der Waals surface area contributed by atoms with Gasteiger partial charge in [0, 0.05) is 5.02 Å². The van der Waals surface area contributed by atoms with Crippen LogP contribution in [0, 0.1) is 10.1 Å². The summed E-state index contributed by atoms with van der Waals surface area (Å²) < 4.78 is 2.58. The molecule has 0 saturated carbocycles. The summed E-state index contributed by atoms with van der Waals surface area (Å²) in [4.78, 5) is 10.0. The van der Waals surface area contributed by atoms with E-state index in [0.717, 1.165) is 0 Å². The number of rotatable bonds is 4. The molecule has 0 saturated heterocycles. The second-order valence-electron chi connectivity index (χ2n) is 5.50. The predicted molar refractivity (Wildman–Crippen MR) is 102 cm³/mol. The van der Waals surface area contributed by atoms with Gasteiger partial charge in [0.2, 0.25) is 0 Å². The van der Waals surface area contributed by atoms with E-state index in [9.17, 15) is 10.1 Å². The molecule has 11 heteroatoms. The SMILES string of the molecule is O=[N+]([O-])c1c(-n2nnc3ccccc32)nn(-c2cccc(Cl)c2)c1C(Cl)Cl. The highest BCUT2D eigenvalue weighted by molar-refractivity contribution is 6.44. The van der Waals surface area contributed by atoms with Crippen molar-refractivity contribution in [2.45, 2.75) is 4.84 Å². The molecule has 0 aliphatic rings. The van der Waals surface area contributed by atoms with Gasteiger partial charge in [0.1, 0.15) is 5.52 Å². The van der Waals surface area contributed by atoms with Gasteiger partial charge in [0.05, 0.1) is 16.1 Å². The molecule has 0 N–H and O–H groups in total. The van der Waals surface area contributed by atoms with Gasteiger partial charge in [-0.1, -0.05) is 58.2 Å². The molecular formula is C16H9Cl3N6O2. The molecule has 4 aromatic rings. The highest BCUT2D eigenvalue weighted by Gasteiger charge is 2.34. The van der Waals surface area contributed by atoms with E-state index in [1.54, 1.807) is 48.5 Å². The third-order valence-corrected chi connectivity index (χ3v) is 4.52. The molecule has 0 atom stereocenters. The Labute approximate surface area is 167 Å². The van der Waals surface area contributed by atoms with E-state index in [1.165, 1.54) is 9.36 Å². The Kier molecular flexibility index (Phi) is 4.47. The highest BCUT2D eigenvalue weighted by atomic mass is 35.5. The van der Waals surface area contributed by atoms with Crippen LogP contribution in [0.3, 0.4) is 0 Å². The monoisotopic (exact) mass is 422 g/mol. The van der Waals surface area contributed by atoms with Crippen molar-refractivity contribution in [3.63, 3.8) is 0 Å². The van der Waals surface area contributed by atoms with Gasteiger partial charge in [-0.15, -0.1) is 10.2 Å². The number of nitrogens with zero attached hydrogens (tertiary/aromatic N) is 6. The molecule has 0 bridgehead atoms. The Morgan fingerprint density at radius 2 is 1.85 bits per heavy atom. The summed E-state index contributed by atoms with van der Waals surface area (Å²) in [6, 6.07) is 13.7. The van der Waals surface area contributed by atoms with Crippen LogP contribution >= 0.6 is 34.8 Å². The summed E-state index contributed by atoms with van der Waals surface area (Å²) in [6.45, 7) is 0. The molecule has 0 amide bonds. The summed E-state index contributed by atoms with van der Waals surface area (Å²) in [7, 11) is 0. The van der Waals surface area contributed by atoms with Gasteiger partial charge in [-0.25, -0.2) is 4.68 Å². The van der Waals surface area contributed by atoms with Crippen LogP contribution in [0.1, 0.15) is 10.5 Å². The first-order chi connectivity index (χ1) is 13.0. The molecule has 0 aliphatic carbocycles. The van der Waals surface area contributed by atoms with Crippen molar-refractivity contribution in [1.82, 2.24) is 24.8 Å². The average molecular weight is 424 g/mol. The largest absolute Gasteiger partial charge is 0.339 e. The van der Waals surface area contributed by atoms with Gasteiger partial charge in [-0.05, 0) is 30.3 Å². The fourth-order valence-electron chi connectivity index (χ4n) is 2.75. The number of aromatic nitrogens is 5. The molecule has 2 aromatic heterocycles. The molecule has 0 spiro atoms. The van der Waals surface area contributed by atoms with Crippen LogP contribution in [0.2, 0.25) is 5.02 Å². The Morgan fingerprint density at radius 1 is 1.07 bits per heavy atom. The Balaban J connectivity index is 2.05. The van der Waals surface area contributed by atoms with E-state index in [2.05, 4.69) is 15.4 Å². The molecule has 2 aromatic carbocycles. The van der Waals surface area contributed by atoms with Crippen LogP contribution in [-0.2, 0) is 0 Å². The van der Waals surface area contributed by atoms with Crippen LogP contribution in [0.25, 0.3) is 22.5 Å². The number of alkyl halides is 2. The number of hydrogen-bond donors (Lipinski definition) is 0. The van der Waals surface area contributed by atoms with Crippen molar-refractivity contribution in [1.29, 1.82) is 0 Å².